The molecule has 0 saturated heterocycles. The van der Waals surface area contributed by atoms with Gasteiger partial charge in [-0.2, -0.15) is 0 Å². The number of benzene rings is 1. The molecule has 1 fully saturated rings. The van der Waals surface area contributed by atoms with Crippen molar-refractivity contribution >= 4 is 5.78 Å². The average molecular weight is 276 g/mol. The van der Waals surface area contributed by atoms with Crippen LogP contribution in [0.25, 0.3) is 0 Å². The van der Waals surface area contributed by atoms with Crippen molar-refractivity contribution in [3.05, 3.63) is 35.9 Å². The number of Topliss-reactive ketones (excluding diaryl/α,β-unsaturated/α-hetero) is 1. The van der Waals surface area contributed by atoms with Crippen molar-refractivity contribution < 1.29 is 14.6 Å². The summed E-state index contributed by atoms with van der Waals surface area (Å²) in [5, 5.41) is 10.4. The van der Waals surface area contributed by atoms with E-state index in [0.29, 0.717) is 25.9 Å². The van der Waals surface area contributed by atoms with Gasteiger partial charge in [0.1, 0.15) is 5.60 Å². The summed E-state index contributed by atoms with van der Waals surface area (Å²) in [6.45, 7) is 2.57. The Kier molecular flexibility index (Phi) is 5.32. The van der Waals surface area contributed by atoms with Crippen molar-refractivity contribution in [1.82, 2.24) is 0 Å². The third-order valence-electron chi connectivity index (χ3n) is 4.08. The molecular weight excluding hydrogens is 252 g/mol. The van der Waals surface area contributed by atoms with Crippen molar-refractivity contribution in [1.29, 1.82) is 0 Å². The molecule has 1 aliphatic carbocycles. The maximum absolute atomic E-state index is 11.9. The molecule has 0 aromatic heterocycles. The van der Waals surface area contributed by atoms with E-state index in [1.807, 2.05) is 37.3 Å². The van der Waals surface area contributed by atoms with Gasteiger partial charge in [-0.3, -0.25) is 4.79 Å². The molecule has 0 spiro atoms. The van der Waals surface area contributed by atoms with Gasteiger partial charge in [0.15, 0.2) is 5.78 Å². The second-order valence-corrected chi connectivity index (χ2v) is 5.70. The molecule has 1 saturated carbocycles. The summed E-state index contributed by atoms with van der Waals surface area (Å²) in [4.78, 5) is 11.9. The number of hydrogen-bond donors (Lipinski definition) is 1. The van der Waals surface area contributed by atoms with E-state index in [-0.39, 0.29) is 11.9 Å². The maximum atomic E-state index is 11.9. The van der Waals surface area contributed by atoms with Crippen LogP contribution in [0.3, 0.4) is 0 Å². The van der Waals surface area contributed by atoms with Crippen LogP contribution < -0.4 is 0 Å². The zero-order valence-corrected chi connectivity index (χ0v) is 12.2. The lowest BCUT2D eigenvalue weighted by Crippen LogP contribution is -2.43. The quantitative estimate of drug-likeness (QED) is 0.867. The fraction of sp³-hybridized carbons (Fsp3) is 0.588. The molecule has 1 aliphatic rings. The molecule has 0 bridgehead atoms. The van der Waals surface area contributed by atoms with Gasteiger partial charge in [-0.15, -0.1) is 0 Å². The van der Waals surface area contributed by atoms with Crippen LogP contribution in [0.1, 0.15) is 51.0 Å². The monoisotopic (exact) mass is 276 g/mol. The van der Waals surface area contributed by atoms with Crippen LogP contribution in [0.2, 0.25) is 0 Å². The number of aliphatic hydroxyl groups is 1. The number of ketones is 1. The van der Waals surface area contributed by atoms with E-state index in [2.05, 4.69) is 0 Å². The summed E-state index contributed by atoms with van der Waals surface area (Å²) in [5.41, 5.74) is 0.0678. The van der Waals surface area contributed by atoms with Crippen LogP contribution in [0, 0.1) is 0 Å². The van der Waals surface area contributed by atoms with Crippen LogP contribution >= 0.6 is 0 Å². The lowest BCUT2D eigenvalue weighted by molar-refractivity contribution is -0.144. The summed E-state index contributed by atoms with van der Waals surface area (Å²) < 4.78 is 5.88. The fourth-order valence-corrected chi connectivity index (χ4v) is 2.76. The molecule has 2 rings (SSSR count). The molecule has 0 atom stereocenters. The molecule has 3 nitrogen and oxygen atoms in total. The summed E-state index contributed by atoms with van der Waals surface area (Å²) in [5.74, 6) is 0.00140. The van der Waals surface area contributed by atoms with E-state index in [0.717, 1.165) is 24.8 Å². The number of carbonyl (C=O) groups is 1. The Morgan fingerprint density at radius 1 is 1.30 bits per heavy atom. The number of ether oxygens (including phenoxy) is 1. The fourth-order valence-electron chi connectivity index (χ4n) is 2.76. The van der Waals surface area contributed by atoms with Crippen LogP contribution in [-0.4, -0.2) is 22.6 Å². The minimum Gasteiger partial charge on any atom is -0.382 e. The topological polar surface area (TPSA) is 46.5 Å². The predicted octanol–water partition coefficient (Wildman–Crippen LogP) is 3.25. The van der Waals surface area contributed by atoms with E-state index in [4.69, 9.17) is 4.74 Å². The lowest BCUT2D eigenvalue weighted by atomic mass is 9.79. The molecule has 0 unspecified atom stereocenters. The normalized spacial score (nSPS) is 26.4. The first-order chi connectivity index (χ1) is 9.64. The van der Waals surface area contributed by atoms with Gasteiger partial charge in [-0.25, -0.2) is 0 Å². The Labute approximate surface area is 121 Å². The maximum Gasteiger partial charge on any atom is 0.164 e. The molecule has 20 heavy (non-hydrogen) atoms. The van der Waals surface area contributed by atoms with Crippen LogP contribution in [0.15, 0.2) is 30.3 Å². The van der Waals surface area contributed by atoms with E-state index < -0.39 is 5.60 Å². The molecular formula is C17H24O3. The summed E-state index contributed by atoms with van der Waals surface area (Å²) in [6.07, 6.45) is 4.03. The Hall–Kier alpha value is -1.19. The third kappa shape index (κ3) is 3.90. The van der Waals surface area contributed by atoms with Gasteiger partial charge in [0, 0.05) is 6.42 Å². The highest BCUT2D eigenvalue weighted by Crippen LogP contribution is 2.32. The summed E-state index contributed by atoms with van der Waals surface area (Å²) in [7, 11) is 0. The van der Waals surface area contributed by atoms with Gasteiger partial charge in [0.2, 0.25) is 0 Å². The molecule has 1 aromatic rings. The van der Waals surface area contributed by atoms with Gasteiger partial charge in [-0.1, -0.05) is 37.3 Å². The van der Waals surface area contributed by atoms with Crippen molar-refractivity contribution in [2.24, 2.45) is 0 Å². The number of carbonyl (C=O) groups excluding carboxylic acids is 1. The second kappa shape index (κ2) is 7.00. The molecule has 110 valence electrons. The summed E-state index contributed by atoms with van der Waals surface area (Å²) in [6, 6.07) is 10.1. The first kappa shape index (κ1) is 15.2. The highest BCUT2D eigenvalue weighted by Gasteiger charge is 2.38. The van der Waals surface area contributed by atoms with Gasteiger partial charge in [0.05, 0.1) is 12.7 Å². The third-order valence-corrected chi connectivity index (χ3v) is 4.08. The second-order valence-electron chi connectivity index (χ2n) is 5.70. The predicted molar refractivity (Wildman–Crippen MR) is 78.4 cm³/mol. The molecule has 0 radical (unpaired) electrons. The number of hydrogen-bond acceptors (Lipinski definition) is 3. The minimum atomic E-state index is -1.09. The number of rotatable bonds is 6. The first-order valence-corrected chi connectivity index (χ1v) is 7.55. The van der Waals surface area contributed by atoms with Crippen LogP contribution in [-0.2, 0) is 16.1 Å². The Morgan fingerprint density at radius 2 is 1.95 bits per heavy atom. The van der Waals surface area contributed by atoms with Gasteiger partial charge in [-0.05, 0) is 37.7 Å². The van der Waals surface area contributed by atoms with Crippen LogP contribution in [0.4, 0.5) is 0 Å². The van der Waals surface area contributed by atoms with Crippen molar-refractivity contribution in [3.63, 3.8) is 0 Å². The molecule has 0 aliphatic heterocycles. The minimum absolute atomic E-state index is 0.00140. The molecule has 1 N–H and O–H groups in total. The summed E-state index contributed by atoms with van der Waals surface area (Å²) >= 11 is 0. The molecule has 0 heterocycles. The molecule has 1 aromatic carbocycles. The average Bonchev–Trinajstić information content (AvgIpc) is 2.48. The zero-order valence-electron chi connectivity index (χ0n) is 12.2. The van der Waals surface area contributed by atoms with Crippen molar-refractivity contribution in [3.8, 4) is 0 Å². The molecule has 0 amide bonds. The van der Waals surface area contributed by atoms with E-state index >= 15 is 0 Å². The highest BCUT2D eigenvalue weighted by atomic mass is 16.5. The highest BCUT2D eigenvalue weighted by molar-refractivity contribution is 5.87. The van der Waals surface area contributed by atoms with Crippen LogP contribution in [0.5, 0.6) is 0 Å². The Morgan fingerprint density at radius 3 is 2.55 bits per heavy atom. The van der Waals surface area contributed by atoms with Gasteiger partial charge < -0.3 is 9.84 Å². The van der Waals surface area contributed by atoms with Gasteiger partial charge in [0.25, 0.3) is 0 Å². The standard InChI is InChI=1S/C17H24O3/c1-2-6-16(18)17(19)11-9-15(10-12-17)20-13-14-7-4-3-5-8-14/h3-5,7-8,15,19H,2,6,9-13H2,1H3. The van der Waals surface area contributed by atoms with E-state index in [9.17, 15) is 9.90 Å². The van der Waals surface area contributed by atoms with Gasteiger partial charge >= 0.3 is 0 Å². The van der Waals surface area contributed by atoms with Crippen molar-refractivity contribution in [2.75, 3.05) is 0 Å². The Balaban J connectivity index is 1.78. The molecule has 3 heteroatoms. The van der Waals surface area contributed by atoms with Crippen molar-refractivity contribution in [2.45, 2.75) is 63.8 Å². The first-order valence-electron chi connectivity index (χ1n) is 7.55. The SMILES string of the molecule is CCCC(=O)C1(O)CCC(OCc2ccccc2)CC1. The lowest BCUT2D eigenvalue weighted by Gasteiger charge is -2.34. The Bertz CT molecular complexity index is 419. The van der Waals surface area contributed by atoms with E-state index in [1.165, 1.54) is 0 Å². The zero-order chi connectivity index (χ0) is 14.4. The smallest absolute Gasteiger partial charge is 0.164 e. The van der Waals surface area contributed by atoms with E-state index in [1.54, 1.807) is 0 Å². The largest absolute Gasteiger partial charge is 0.382 e.